The third-order valence-corrected chi connectivity index (χ3v) is 0.877. The molecule has 0 fully saturated rings. The number of likely N-dealkylation sites (N-methyl/N-ethyl adjacent to an activating group) is 1. The Labute approximate surface area is 82.1 Å². The maximum Gasteiger partial charge on any atom is 0.401 e. The van der Waals surface area contributed by atoms with Gasteiger partial charge in [-0.2, -0.15) is 13.2 Å². The van der Waals surface area contributed by atoms with Crippen LogP contribution in [-0.4, -0.2) is 32.9 Å². The van der Waals surface area contributed by atoms with Crippen LogP contribution < -0.4 is 10.6 Å². The molecule has 7 heteroatoms. The molecule has 0 aliphatic rings. The summed E-state index contributed by atoms with van der Waals surface area (Å²) in [6.07, 6.45) is -4.09. The quantitative estimate of drug-likeness (QED) is 0.708. The molecule has 0 radical (unpaired) electrons. The van der Waals surface area contributed by atoms with Gasteiger partial charge in [-0.3, -0.25) is 0 Å². The number of rotatable bonds is 4. The average molecular weight is 229 g/mol. The monoisotopic (exact) mass is 228 g/mol. The molecule has 0 saturated heterocycles. The minimum atomic E-state index is -4.09. The normalized spacial score (nSPS) is 10.0. The summed E-state index contributed by atoms with van der Waals surface area (Å²) in [6, 6.07) is 0. The van der Waals surface area contributed by atoms with E-state index in [1.54, 1.807) is 7.05 Å². The number of nitrogens with one attached hydrogen (secondary N) is 2. The van der Waals surface area contributed by atoms with E-state index in [9.17, 15) is 13.2 Å². The second-order valence-electron chi connectivity index (χ2n) is 1.90. The first-order valence-electron chi connectivity index (χ1n) is 2.98. The molecule has 0 heterocycles. The molecule has 78 valence electrons. The van der Waals surface area contributed by atoms with Crippen molar-refractivity contribution in [2.24, 2.45) is 0 Å². The first kappa shape index (κ1) is 18.2. The van der Waals surface area contributed by atoms with Gasteiger partial charge in [-0.25, -0.2) is 0 Å². The molecule has 2 nitrogen and oxygen atoms in total. The zero-order valence-corrected chi connectivity index (χ0v) is 8.20. The maximum atomic E-state index is 11.4. The predicted molar refractivity (Wildman–Crippen MR) is 47.3 cm³/mol. The summed E-state index contributed by atoms with van der Waals surface area (Å²) in [6.45, 7) is -0.0131. The van der Waals surface area contributed by atoms with Gasteiger partial charge in [0.05, 0.1) is 6.54 Å². The Morgan fingerprint density at radius 2 is 1.58 bits per heavy atom. The van der Waals surface area contributed by atoms with Crippen LogP contribution in [0, 0.1) is 0 Å². The van der Waals surface area contributed by atoms with Crippen LogP contribution in [0.2, 0.25) is 0 Å². The summed E-state index contributed by atoms with van der Waals surface area (Å²) >= 11 is 0. The summed E-state index contributed by atoms with van der Waals surface area (Å²) in [5.41, 5.74) is 0. The van der Waals surface area contributed by atoms with Crippen LogP contribution in [0.25, 0.3) is 0 Å². The van der Waals surface area contributed by atoms with Crippen molar-refractivity contribution in [3.05, 3.63) is 0 Å². The Balaban J connectivity index is -0.000000405. The fourth-order valence-corrected chi connectivity index (χ4v) is 0.444. The molecule has 0 aliphatic carbocycles. The van der Waals surface area contributed by atoms with Crippen LogP contribution >= 0.6 is 24.8 Å². The SMILES string of the molecule is CNCCNCC(F)(F)F.Cl.Cl. The third kappa shape index (κ3) is 16.7. The number of halogens is 5. The maximum absolute atomic E-state index is 11.4. The Kier molecular flexibility index (Phi) is 14.2. The van der Waals surface area contributed by atoms with Gasteiger partial charge in [-0.05, 0) is 7.05 Å². The largest absolute Gasteiger partial charge is 0.401 e. The second-order valence-corrected chi connectivity index (χ2v) is 1.90. The van der Waals surface area contributed by atoms with Gasteiger partial charge in [0.15, 0.2) is 0 Å². The van der Waals surface area contributed by atoms with Crippen LogP contribution in [0.5, 0.6) is 0 Å². The molecule has 0 aromatic rings. The van der Waals surface area contributed by atoms with Crippen LogP contribution in [0.1, 0.15) is 0 Å². The van der Waals surface area contributed by atoms with Crippen LogP contribution in [0.4, 0.5) is 13.2 Å². The molecule has 2 N–H and O–H groups in total. The van der Waals surface area contributed by atoms with E-state index in [1.165, 1.54) is 0 Å². The van der Waals surface area contributed by atoms with Gasteiger partial charge in [0.25, 0.3) is 0 Å². The molecule has 0 saturated carbocycles. The van der Waals surface area contributed by atoms with Gasteiger partial charge in [-0.15, -0.1) is 24.8 Å². The molecule has 0 bridgehead atoms. The Hall–Kier alpha value is 0.290. The van der Waals surface area contributed by atoms with Crippen molar-refractivity contribution in [2.75, 3.05) is 26.7 Å². The summed E-state index contributed by atoms with van der Waals surface area (Å²) in [4.78, 5) is 0. The lowest BCUT2D eigenvalue weighted by Crippen LogP contribution is -2.33. The average Bonchev–Trinajstić information content (AvgIpc) is 1.78. The van der Waals surface area contributed by atoms with Crippen LogP contribution in [0.3, 0.4) is 0 Å². The highest BCUT2D eigenvalue weighted by atomic mass is 35.5. The molecule has 0 rings (SSSR count). The minimum Gasteiger partial charge on any atom is -0.318 e. The fourth-order valence-electron chi connectivity index (χ4n) is 0.444. The lowest BCUT2D eigenvalue weighted by Gasteiger charge is -2.06. The van der Waals surface area contributed by atoms with Crippen molar-refractivity contribution in [3.63, 3.8) is 0 Å². The first-order valence-corrected chi connectivity index (χ1v) is 2.98. The first-order chi connectivity index (χ1) is 4.56. The summed E-state index contributed by atoms with van der Waals surface area (Å²) < 4.78 is 34.2. The molecule has 0 atom stereocenters. The van der Waals surface area contributed by atoms with Crippen molar-refractivity contribution in [2.45, 2.75) is 6.18 Å². The van der Waals surface area contributed by atoms with Crippen LogP contribution in [0.15, 0.2) is 0 Å². The number of alkyl halides is 3. The Morgan fingerprint density at radius 1 is 1.08 bits per heavy atom. The van der Waals surface area contributed by atoms with Gasteiger partial charge >= 0.3 is 6.18 Å². The molecule has 0 aromatic carbocycles. The zero-order valence-electron chi connectivity index (χ0n) is 6.57. The minimum absolute atomic E-state index is 0. The number of hydrogen-bond acceptors (Lipinski definition) is 2. The second kappa shape index (κ2) is 9.38. The molecule has 0 amide bonds. The van der Waals surface area contributed by atoms with E-state index < -0.39 is 12.7 Å². The van der Waals surface area contributed by atoms with Gasteiger partial charge in [-0.1, -0.05) is 0 Å². The smallest absolute Gasteiger partial charge is 0.318 e. The summed E-state index contributed by atoms with van der Waals surface area (Å²) in [5.74, 6) is 0. The third-order valence-electron chi connectivity index (χ3n) is 0.877. The highest BCUT2D eigenvalue weighted by molar-refractivity contribution is 5.85. The van der Waals surface area contributed by atoms with E-state index in [0.717, 1.165) is 0 Å². The van der Waals surface area contributed by atoms with E-state index in [1.807, 2.05) is 0 Å². The fraction of sp³-hybridized carbons (Fsp3) is 1.00. The van der Waals surface area contributed by atoms with E-state index in [-0.39, 0.29) is 24.8 Å². The molecule has 0 aliphatic heterocycles. The lowest BCUT2D eigenvalue weighted by atomic mass is 10.5. The highest BCUT2D eigenvalue weighted by Gasteiger charge is 2.25. The van der Waals surface area contributed by atoms with Crippen molar-refractivity contribution in [1.29, 1.82) is 0 Å². The summed E-state index contributed by atoms with van der Waals surface area (Å²) in [5, 5.41) is 4.96. The van der Waals surface area contributed by atoms with Crippen molar-refractivity contribution in [3.8, 4) is 0 Å². The van der Waals surface area contributed by atoms with E-state index in [0.29, 0.717) is 13.1 Å². The predicted octanol–water partition coefficient (Wildman–Crippen LogP) is 1.20. The lowest BCUT2D eigenvalue weighted by molar-refractivity contribution is -0.124. The Morgan fingerprint density at radius 3 is 1.92 bits per heavy atom. The zero-order chi connectivity index (χ0) is 8.04. The highest BCUT2D eigenvalue weighted by Crippen LogP contribution is 2.11. The Bertz CT molecular complexity index is 89.3. The van der Waals surface area contributed by atoms with Gasteiger partial charge < -0.3 is 10.6 Å². The van der Waals surface area contributed by atoms with Gasteiger partial charge in [0, 0.05) is 13.1 Å². The van der Waals surface area contributed by atoms with Gasteiger partial charge in [0.2, 0.25) is 0 Å². The van der Waals surface area contributed by atoms with Crippen LogP contribution in [-0.2, 0) is 0 Å². The molecular weight excluding hydrogens is 216 g/mol. The summed E-state index contributed by atoms with van der Waals surface area (Å²) in [7, 11) is 1.69. The van der Waals surface area contributed by atoms with E-state index in [2.05, 4.69) is 10.6 Å². The van der Waals surface area contributed by atoms with E-state index >= 15 is 0 Å². The standard InChI is InChI=1S/C5H11F3N2.2ClH/c1-9-2-3-10-4-5(6,7)8;;/h9-10H,2-4H2,1H3;2*1H. The van der Waals surface area contributed by atoms with Crippen molar-refractivity contribution < 1.29 is 13.2 Å². The van der Waals surface area contributed by atoms with E-state index in [4.69, 9.17) is 0 Å². The molecular formula is C5H13Cl2F3N2. The topological polar surface area (TPSA) is 24.1 Å². The van der Waals surface area contributed by atoms with Gasteiger partial charge in [0.1, 0.15) is 0 Å². The molecule has 0 aromatic heterocycles. The molecule has 0 spiro atoms. The van der Waals surface area contributed by atoms with Crippen molar-refractivity contribution >= 4 is 24.8 Å². The number of hydrogen-bond donors (Lipinski definition) is 2. The van der Waals surface area contributed by atoms with Crippen molar-refractivity contribution in [1.82, 2.24) is 10.6 Å². The molecule has 0 unspecified atom stereocenters. The molecule has 12 heavy (non-hydrogen) atoms.